The SMILES string of the molecule is COC(=O)c1ccccc1NC(=O)CNc1ccc(OC)cc1C. The summed E-state index contributed by atoms with van der Waals surface area (Å²) in [4.78, 5) is 23.8. The normalized spacial score (nSPS) is 9.96. The summed E-state index contributed by atoms with van der Waals surface area (Å²) in [5.41, 5.74) is 2.54. The average molecular weight is 328 g/mol. The third kappa shape index (κ3) is 4.25. The Labute approximate surface area is 140 Å². The van der Waals surface area contributed by atoms with Crippen molar-refractivity contribution in [2.45, 2.75) is 6.92 Å². The van der Waals surface area contributed by atoms with E-state index in [1.807, 2.05) is 25.1 Å². The number of benzene rings is 2. The van der Waals surface area contributed by atoms with Crippen molar-refractivity contribution < 1.29 is 19.1 Å². The number of methoxy groups -OCH3 is 2. The number of carbonyl (C=O) groups is 2. The fourth-order valence-electron chi connectivity index (χ4n) is 2.21. The van der Waals surface area contributed by atoms with Gasteiger partial charge in [-0.15, -0.1) is 0 Å². The molecule has 126 valence electrons. The van der Waals surface area contributed by atoms with Crippen LogP contribution in [0.25, 0.3) is 0 Å². The molecule has 0 saturated carbocycles. The number of aryl methyl sites for hydroxylation is 1. The molecule has 2 rings (SSSR count). The van der Waals surface area contributed by atoms with Crippen LogP contribution in [0, 0.1) is 6.92 Å². The van der Waals surface area contributed by atoms with Crippen molar-refractivity contribution in [3.8, 4) is 5.75 Å². The molecule has 0 fully saturated rings. The first-order valence-corrected chi connectivity index (χ1v) is 7.41. The van der Waals surface area contributed by atoms with Gasteiger partial charge in [0.1, 0.15) is 5.75 Å². The Kier molecular flexibility index (Phi) is 5.78. The second kappa shape index (κ2) is 8.01. The van der Waals surface area contributed by atoms with Gasteiger partial charge in [0.15, 0.2) is 0 Å². The maximum atomic E-state index is 12.1. The Morgan fingerprint density at radius 1 is 1.04 bits per heavy atom. The Hall–Kier alpha value is -3.02. The standard InChI is InChI=1S/C18H20N2O4/c1-12-10-13(23-2)8-9-15(12)19-11-17(21)20-16-7-5-4-6-14(16)18(22)24-3/h4-10,19H,11H2,1-3H3,(H,20,21). The third-order valence-corrected chi connectivity index (χ3v) is 3.48. The van der Waals surface area contributed by atoms with E-state index in [1.165, 1.54) is 7.11 Å². The molecule has 0 aliphatic carbocycles. The minimum atomic E-state index is -0.496. The van der Waals surface area contributed by atoms with Gasteiger partial charge in [0, 0.05) is 5.69 Å². The lowest BCUT2D eigenvalue weighted by atomic mass is 10.1. The molecule has 0 radical (unpaired) electrons. The molecule has 0 saturated heterocycles. The summed E-state index contributed by atoms with van der Waals surface area (Å²) >= 11 is 0. The number of ether oxygens (including phenoxy) is 2. The minimum absolute atomic E-state index is 0.0721. The van der Waals surface area contributed by atoms with Gasteiger partial charge in [-0.05, 0) is 42.8 Å². The van der Waals surface area contributed by atoms with E-state index in [2.05, 4.69) is 10.6 Å². The predicted octanol–water partition coefficient (Wildman–Crippen LogP) is 2.84. The number of para-hydroxylation sites is 1. The summed E-state index contributed by atoms with van der Waals surface area (Å²) in [7, 11) is 2.91. The van der Waals surface area contributed by atoms with Gasteiger partial charge in [0.05, 0.1) is 32.0 Å². The van der Waals surface area contributed by atoms with Crippen LogP contribution in [0.5, 0.6) is 5.75 Å². The first-order chi connectivity index (χ1) is 11.5. The van der Waals surface area contributed by atoms with Gasteiger partial charge in [-0.1, -0.05) is 12.1 Å². The van der Waals surface area contributed by atoms with Gasteiger partial charge in [-0.2, -0.15) is 0 Å². The van der Waals surface area contributed by atoms with Crippen LogP contribution in [0.2, 0.25) is 0 Å². The highest BCUT2D eigenvalue weighted by molar-refractivity contribution is 6.02. The van der Waals surface area contributed by atoms with Crippen LogP contribution >= 0.6 is 0 Å². The number of hydrogen-bond acceptors (Lipinski definition) is 5. The van der Waals surface area contributed by atoms with Crippen LogP contribution in [0.1, 0.15) is 15.9 Å². The highest BCUT2D eigenvalue weighted by Gasteiger charge is 2.13. The molecular weight excluding hydrogens is 308 g/mol. The molecule has 2 N–H and O–H groups in total. The fourth-order valence-corrected chi connectivity index (χ4v) is 2.21. The van der Waals surface area contributed by atoms with Crippen LogP contribution in [0.4, 0.5) is 11.4 Å². The Morgan fingerprint density at radius 3 is 2.46 bits per heavy atom. The van der Waals surface area contributed by atoms with Crippen LogP contribution in [0.3, 0.4) is 0 Å². The quantitative estimate of drug-likeness (QED) is 0.798. The summed E-state index contributed by atoms with van der Waals surface area (Å²) in [5.74, 6) is 0.000867. The molecular formula is C18H20N2O4. The Bertz CT molecular complexity index is 744. The summed E-state index contributed by atoms with van der Waals surface area (Å²) in [6.07, 6.45) is 0. The average Bonchev–Trinajstić information content (AvgIpc) is 2.60. The van der Waals surface area contributed by atoms with Crippen molar-refractivity contribution in [2.24, 2.45) is 0 Å². The molecule has 6 heteroatoms. The molecule has 0 heterocycles. The molecule has 0 aliphatic rings. The smallest absolute Gasteiger partial charge is 0.339 e. The van der Waals surface area contributed by atoms with E-state index in [0.29, 0.717) is 11.3 Å². The highest BCUT2D eigenvalue weighted by atomic mass is 16.5. The maximum absolute atomic E-state index is 12.1. The van der Waals surface area contributed by atoms with Crippen molar-refractivity contribution in [3.63, 3.8) is 0 Å². The molecule has 2 aromatic carbocycles. The van der Waals surface area contributed by atoms with Crippen LogP contribution in [0.15, 0.2) is 42.5 Å². The molecule has 0 atom stereocenters. The predicted molar refractivity (Wildman–Crippen MR) is 92.6 cm³/mol. The van der Waals surface area contributed by atoms with Gasteiger partial charge in [-0.25, -0.2) is 4.79 Å². The fraction of sp³-hybridized carbons (Fsp3) is 0.222. The van der Waals surface area contributed by atoms with Crippen molar-refractivity contribution >= 4 is 23.3 Å². The van der Waals surface area contributed by atoms with Crippen molar-refractivity contribution in [2.75, 3.05) is 31.4 Å². The zero-order valence-corrected chi connectivity index (χ0v) is 13.9. The number of esters is 1. The zero-order valence-electron chi connectivity index (χ0n) is 13.9. The lowest BCUT2D eigenvalue weighted by molar-refractivity contribution is -0.114. The van der Waals surface area contributed by atoms with Crippen LogP contribution in [-0.4, -0.2) is 32.6 Å². The van der Waals surface area contributed by atoms with E-state index in [-0.39, 0.29) is 12.5 Å². The van der Waals surface area contributed by atoms with Crippen molar-refractivity contribution in [1.29, 1.82) is 0 Å². The molecule has 0 bridgehead atoms. The van der Waals surface area contributed by atoms with E-state index in [0.717, 1.165) is 17.0 Å². The lowest BCUT2D eigenvalue weighted by Crippen LogP contribution is -2.23. The second-order valence-corrected chi connectivity index (χ2v) is 5.12. The van der Waals surface area contributed by atoms with E-state index in [1.54, 1.807) is 31.4 Å². The molecule has 0 unspecified atom stereocenters. The molecule has 24 heavy (non-hydrogen) atoms. The van der Waals surface area contributed by atoms with Gasteiger partial charge >= 0.3 is 5.97 Å². The minimum Gasteiger partial charge on any atom is -0.497 e. The van der Waals surface area contributed by atoms with E-state index in [4.69, 9.17) is 9.47 Å². The second-order valence-electron chi connectivity index (χ2n) is 5.12. The summed E-state index contributed by atoms with van der Waals surface area (Å²) in [5, 5.41) is 5.77. The first-order valence-electron chi connectivity index (χ1n) is 7.41. The molecule has 0 spiro atoms. The topological polar surface area (TPSA) is 76.7 Å². The monoisotopic (exact) mass is 328 g/mol. The number of nitrogens with one attached hydrogen (secondary N) is 2. The van der Waals surface area contributed by atoms with Crippen molar-refractivity contribution in [1.82, 2.24) is 0 Å². The maximum Gasteiger partial charge on any atom is 0.339 e. The lowest BCUT2D eigenvalue weighted by Gasteiger charge is -2.12. The van der Waals surface area contributed by atoms with E-state index >= 15 is 0 Å². The van der Waals surface area contributed by atoms with Gasteiger partial charge in [0.25, 0.3) is 0 Å². The van der Waals surface area contributed by atoms with Gasteiger partial charge in [0.2, 0.25) is 5.91 Å². The van der Waals surface area contributed by atoms with Crippen LogP contribution in [-0.2, 0) is 9.53 Å². The van der Waals surface area contributed by atoms with Gasteiger partial charge in [-0.3, -0.25) is 4.79 Å². The van der Waals surface area contributed by atoms with Gasteiger partial charge < -0.3 is 20.1 Å². The first kappa shape index (κ1) is 17.3. The number of amides is 1. The number of anilines is 2. The number of rotatable bonds is 6. The highest BCUT2D eigenvalue weighted by Crippen LogP contribution is 2.21. The zero-order chi connectivity index (χ0) is 17.5. The van der Waals surface area contributed by atoms with Crippen LogP contribution < -0.4 is 15.4 Å². The summed E-state index contributed by atoms with van der Waals surface area (Å²) in [6, 6.07) is 12.3. The largest absolute Gasteiger partial charge is 0.497 e. The third-order valence-electron chi connectivity index (χ3n) is 3.48. The molecule has 0 aliphatic heterocycles. The molecule has 2 aromatic rings. The van der Waals surface area contributed by atoms with Crippen molar-refractivity contribution in [3.05, 3.63) is 53.6 Å². The summed E-state index contributed by atoms with van der Waals surface area (Å²) < 4.78 is 9.86. The molecule has 6 nitrogen and oxygen atoms in total. The molecule has 1 amide bonds. The number of hydrogen-bond donors (Lipinski definition) is 2. The summed E-state index contributed by atoms with van der Waals surface area (Å²) in [6.45, 7) is 2.00. The number of carbonyl (C=O) groups excluding carboxylic acids is 2. The Morgan fingerprint density at radius 2 is 1.79 bits per heavy atom. The van der Waals surface area contributed by atoms with E-state index in [9.17, 15) is 9.59 Å². The van der Waals surface area contributed by atoms with E-state index < -0.39 is 5.97 Å². The molecule has 0 aromatic heterocycles. The Balaban J connectivity index is 2.01.